The minimum Gasteiger partial charge on any atom is -0.490 e. The predicted octanol–water partition coefficient (Wildman–Crippen LogP) is 4.47. The van der Waals surface area contributed by atoms with E-state index in [2.05, 4.69) is 18.2 Å². The van der Waals surface area contributed by atoms with Crippen LogP contribution in [0.4, 0.5) is 0 Å². The molecule has 1 aromatic carbocycles. The number of allylic oxidation sites excluding steroid dienone is 4. The van der Waals surface area contributed by atoms with E-state index in [0.717, 1.165) is 36.8 Å². The van der Waals surface area contributed by atoms with Gasteiger partial charge in [-0.3, -0.25) is 0 Å². The molecule has 2 atom stereocenters. The van der Waals surface area contributed by atoms with Gasteiger partial charge in [-0.05, 0) is 61.8 Å². The van der Waals surface area contributed by atoms with E-state index in [0.29, 0.717) is 24.7 Å². The molecular weight excluding hydrogens is 376 g/mol. The van der Waals surface area contributed by atoms with Crippen LogP contribution >= 0.6 is 0 Å². The molecule has 0 radical (unpaired) electrons. The number of hydrogen-bond donors (Lipinski definition) is 1. The maximum atomic E-state index is 10.1. The molecule has 3 rings (SSSR count). The Kier molecular flexibility index (Phi) is 6.34. The fourth-order valence-corrected chi connectivity index (χ4v) is 4.57. The quantitative estimate of drug-likeness (QED) is 0.750. The summed E-state index contributed by atoms with van der Waals surface area (Å²) in [4.78, 5) is 0. The van der Waals surface area contributed by atoms with Crippen LogP contribution in [-0.4, -0.2) is 13.2 Å². The van der Waals surface area contributed by atoms with Crippen LogP contribution in [-0.2, 0) is 0 Å². The molecule has 0 saturated carbocycles. The molecule has 154 valence electrons. The van der Waals surface area contributed by atoms with Crippen molar-refractivity contribution in [2.75, 3.05) is 13.2 Å². The van der Waals surface area contributed by atoms with Crippen molar-refractivity contribution in [1.82, 2.24) is 0 Å². The Morgan fingerprint density at radius 1 is 1.13 bits per heavy atom. The number of fused-ring (bicyclic) bond motifs is 1. The second-order valence-electron chi connectivity index (χ2n) is 7.59. The molecule has 0 aliphatic heterocycles. The van der Waals surface area contributed by atoms with E-state index in [-0.39, 0.29) is 17.2 Å². The smallest absolute Gasteiger partial charge is 0.191 e. The number of hydrogen-bond acceptors (Lipinski definition) is 6. The van der Waals surface area contributed by atoms with Crippen molar-refractivity contribution in [2.45, 2.75) is 45.4 Å². The molecule has 0 saturated heterocycles. The van der Waals surface area contributed by atoms with Crippen molar-refractivity contribution in [3.8, 4) is 29.7 Å². The van der Waals surface area contributed by atoms with E-state index in [1.165, 1.54) is 0 Å². The van der Waals surface area contributed by atoms with E-state index in [9.17, 15) is 15.8 Å². The maximum absolute atomic E-state index is 10.1. The van der Waals surface area contributed by atoms with Crippen LogP contribution in [0.15, 0.2) is 41.1 Å². The SMILES string of the molecule is CCCOc1ccc([C@@H]2[C@@H]3CCCC=C3C(C#N)=C(N)C2(C#N)C#N)cc1OCC. The van der Waals surface area contributed by atoms with Gasteiger partial charge in [0.25, 0.3) is 0 Å². The average Bonchev–Trinajstić information content (AvgIpc) is 2.78. The standard InChI is InChI=1S/C24H26N4O2/c1-3-11-30-20-10-9-16(12-21(20)29-4-2)22-18-8-6-5-7-17(18)19(13-25)23(28)24(22,14-26)15-27/h7,9-10,12,18,22H,3-6,8,11,28H2,1-2H3/t18-,22-/m1/s1. The highest BCUT2D eigenvalue weighted by atomic mass is 16.5. The Morgan fingerprint density at radius 3 is 2.53 bits per heavy atom. The van der Waals surface area contributed by atoms with Crippen LogP contribution in [0.3, 0.4) is 0 Å². The molecule has 2 aliphatic carbocycles. The van der Waals surface area contributed by atoms with E-state index in [1.54, 1.807) is 0 Å². The Morgan fingerprint density at radius 2 is 1.90 bits per heavy atom. The van der Waals surface area contributed by atoms with Crippen LogP contribution in [0.25, 0.3) is 0 Å². The molecule has 0 fully saturated rings. The molecule has 0 aromatic heterocycles. The lowest BCUT2D eigenvalue weighted by Gasteiger charge is -2.43. The number of ether oxygens (including phenoxy) is 2. The van der Waals surface area contributed by atoms with Gasteiger partial charge in [0.2, 0.25) is 0 Å². The summed E-state index contributed by atoms with van der Waals surface area (Å²) in [6.07, 6.45) is 5.49. The number of benzene rings is 1. The summed E-state index contributed by atoms with van der Waals surface area (Å²) in [5.41, 5.74) is 6.71. The second kappa shape index (κ2) is 8.93. The number of nitrogens with two attached hydrogens (primary N) is 1. The lowest BCUT2D eigenvalue weighted by Crippen LogP contribution is -2.42. The lowest BCUT2D eigenvalue weighted by atomic mass is 9.57. The monoisotopic (exact) mass is 402 g/mol. The van der Waals surface area contributed by atoms with Crippen LogP contribution in [0, 0.1) is 45.3 Å². The van der Waals surface area contributed by atoms with E-state index in [1.807, 2.05) is 38.1 Å². The van der Waals surface area contributed by atoms with Crippen molar-refractivity contribution in [3.05, 3.63) is 46.7 Å². The summed E-state index contributed by atoms with van der Waals surface area (Å²) in [6, 6.07) is 12.1. The summed E-state index contributed by atoms with van der Waals surface area (Å²) in [6.45, 7) is 4.96. The molecule has 30 heavy (non-hydrogen) atoms. The van der Waals surface area contributed by atoms with Crippen LogP contribution in [0.5, 0.6) is 11.5 Å². The highest BCUT2D eigenvalue weighted by Crippen LogP contribution is 2.56. The summed E-state index contributed by atoms with van der Waals surface area (Å²) in [7, 11) is 0. The van der Waals surface area contributed by atoms with Crippen molar-refractivity contribution in [2.24, 2.45) is 17.1 Å². The highest BCUT2D eigenvalue weighted by molar-refractivity contribution is 5.60. The summed E-state index contributed by atoms with van der Waals surface area (Å²) < 4.78 is 11.6. The molecule has 0 amide bonds. The van der Waals surface area contributed by atoms with Crippen LogP contribution in [0.1, 0.15) is 51.0 Å². The Labute approximate surface area is 177 Å². The molecule has 0 spiro atoms. The first-order valence-corrected chi connectivity index (χ1v) is 10.4. The number of nitriles is 3. The number of nitrogens with zero attached hydrogens (tertiary/aromatic N) is 3. The average molecular weight is 402 g/mol. The van der Waals surface area contributed by atoms with Gasteiger partial charge >= 0.3 is 0 Å². The van der Waals surface area contributed by atoms with Gasteiger partial charge in [0.1, 0.15) is 6.07 Å². The predicted molar refractivity (Wildman–Crippen MR) is 112 cm³/mol. The van der Waals surface area contributed by atoms with Gasteiger partial charge < -0.3 is 15.2 Å². The van der Waals surface area contributed by atoms with Gasteiger partial charge in [0.15, 0.2) is 16.9 Å². The van der Waals surface area contributed by atoms with E-state index >= 15 is 0 Å². The van der Waals surface area contributed by atoms with Gasteiger partial charge in [0.05, 0.1) is 36.6 Å². The highest BCUT2D eigenvalue weighted by Gasteiger charge is 2.53. The van der Waals surface area contributed by atoms with Crippen molar-refractivity contribution < 1.29 is 9.47 Å². The zero-order valence-electron chi connectivity index (χ0n) is 17.4. The van der Waals surface area contributed by atoms with Crippen molar-refractivity contribution >= 4 is 0 Å². The van der Waals surface area contributed by atoms with Gasteiger partial charge in [-0.1, -0.05) is 19.1 Å². The van der Waals surface area contributed by atoms with E-state index < -0.39 is 11.3 Å². The Bertz CT molecular complexity index is 990. The zero-order chi connectivity index (χ0) is 21.7. The van der Waals surface area contributed by atoms with Gasteiger partial charge in [0, 0.05) is 5.92 Å². The summed E-state index contributed by atoms with van der Waals surface area (Å²) in [5, 5.41) is 30.0. The van der Waals surface area contributed by atoms with Gasteiger partial charge in [-0.2, -0.15) is 15.8 Å². The molecule has 2 aliphatic rings. The second-order valence-corrected chi connectivity index (χ2v) is 7.59. The van der Waals surface area contributed by atoms with Crippen molar-refractivity contribution in [3.63, 3.8) is 0 Å². The minimum atomic E-state index is -1.61. The lowest BCUT2D eigenvalue weighted by molar-refractivity contribution is 0.274. The van der Waals surface area contributed by atoms with Crippen LogP contribution < -0.4 is 15.2 Å². The normalized spacial score (nSPS) is 22.0. The Hall–Kier alpha value is -3.43. The Balaban J connectivity index is 2.21. The van der Waals surface area contributed by atoms with Gasteiger partial charge in [-0.15, -0.1) is 0 Å². The third kappa shape index (κ3) is 3.38. The summed E-state index contributed by atoms with van der Waals surface area (Å²) in [5.74, 6) is 0.606. The molecule has 2 N–H and O–H groups in total. The molecule has 6 nitrogen and oxygen atoms in total. The molecular formula is C24H26N4O2. The largest absolute Gasteiger partial charge is 0.490 e. The fourth-order valence-electron chi connectivity index (χ4n) is 4.57. The summed E-state index contributed by atoms with van der Waals surface area (Å²) >= 11 is 0. The molecule has 6 heteroatoms. The van der Waals surface area contributed by atoms with Crippen molar-refractivity contribution in [1.29, 1.82) is 15.8 Å². The molecule has 0 unspecified atom stereocenters. The first kappa shape index (κ1) is 21.3. The first-order chi connectivity index (χ1) is 14.6. The third-order valence-corrected chi connectivity index (χ3v) is 5.89. The fraction of sp³-hybridized carbons (Fsp3) is 0.458. The van der Waals surface area contributed by atoms with Gasteiger partial charge in [-0.25, -0.2) is 0 Å². The molecule has 0 bridgehead atoms. The van der Waals surface area contributed by atoms with Crippen LogP contribution in [0.2, 0.25) is 0 Å². The first-order valence-electron chi connectivity index (χ1n) is 10.4. The zero-order valence-corrected chi connectivity index (χ0v) is 17.4. The maximum Gasteiger partial charge on any atom is 0.191 e. The molecule has 1 aromatic rings. The molecule has 0 heterocycles. The third-order valence-electron chi connectivity index (χ3n) is 5.89. The van der Waals surface area contributed by atoms with E-state index in [4.69, 9.17) is 15.2 Å². The minimum absolute atomic E-state index is 0.0497. The topological polar surface area (TPSA) is 116 Å². The number of rotatable bonds is 6.